The molecule has 10 rings (SSSR count). The summed E-state index contributed by atoms with van der Waals surface area (Å²) >= 11 is 0. The third kappa shape index (κ3) is 5.88. The second-order valence-corrected chi connectivity index (χ2v) is 14.4. The average molecular weight is 754 g/mol. The van der Waals surface area contributed by atoms with E-state index >= 15 is 0 Å². The van der Waals surface area contributed by atoms with Gasteiger partial charge in [-0.2, -0.15) is 0 Å². The Morgan fingerprint density at radius 2 is 1.33 bits per heavy atom. The van der Waals surface area contributed by atoms with E-state index in [2.05, 4.69) is 82.0 Å². The minimum Gasteiger partial charge on any atom is -0.497 e. The number of fused-ring (bicyclic) bond motifs is 1. The minimum absolute atomic E-state index is 0.0910. The van der Waals surface area contributed by atoms with E-state index < -0.39 is 24.0 Å². The fraction of sp³-hybridized carbons (Fsp3) is 0.170. The van der Waals surface area contributed by atoms with Crippen molar-refractivity contribution in [1.29, 1.82) is 0 Å². The highest BCUT2D eigenvalue weighted by Crippen LogP contribution is 2.44. The van der Waals surface area contributed by atoms with Crippen LogP contribution in [0.2, 0.25) is 0 Å². The van der Waals surface area contributed by atoms with Gasteiger partial charge in [0.1, 0.15) is 35.8 Å². The molecule has 3 atom stereocenters. The number of rotatable bonds is 11. The predicted octanol–water partition coefficient (Wildman–Crippen LogP) is 9.14. The summed E-state index contributed by atoms with van der Waals surface area (Å²) < 4.78 is 26.6. The van der Waals surface area contributed by atoms with Gasteiger partial charge < -0.3 is 29.4 Å². The minimum atomic E-state index is -1.05. The van der Waals surface area contributed by atoms with Crippen molar-refractivity contribution in [1.82, 2.24) is 19.5 Å². The van der Waals surface area contributed by atoms with Gasteiger partial charge in [-0.25, -0.2) is 15.0 Å². The number of aromatic nitrogens is 4. The lowest BCUT2D eigenvalue weighted by Crippen LogP contribution is -2.38. The quantitative estimate of drug-likeness (QED) is 0.0987. The molecule has 0 radical (unpaired) electrons. The topological polar surface area (TPSA) is 113 Å². The third-order valence-electron chi connectivity index (χ3n) is 11.3. The molecule has 2 aromatic heterocycles. The van der Waals surface area contributed by atoms with E-state index in [1.54, 1.807) is 20.5 Å². The summed E-state index contributed by atoms with van der Waals surface area (Å²) in [6.45, 7) is 0.0910. The zero-order chi connectivity index (χ0) is 38.5. The van der Waals surface area contributed by atoms with Crippen LogP contribution in [0.4, 0.5) is 11.5 Å². The number of hydrogen-bond donors (Lipinski definition) is 2. The number of anilines is 2. The average Bonchev–Trinajstić information content (AvgIpc) is 3.88. The molecule has 9 aromatic rings. The van der Waals surface area contributed by atoms with Crippen molar-refractivity contribution < 1.29 is 24.1 Å². The Bertz CT molecular complexity index is 2780. The molecule has 0 saturated carbocycles. The third-order valence-corrected chi connectivity index (χ3v) is 11.3. The normalized spacial score (nSPS) is 17.2. The number of nitrogens with zero attached hydrogens (tertiary/aromatic N) is 4. The first-order chi connectivity index (χ1) is 28.0. The van der Waals surface area contributed by atoms with E-state index in [1.165, 1.54) is 33.3 Å². The molecule has 0 spiro atoms. The summed E-state index contributed by atoms with van der Waals surface area (Å²) in [5, 5.41) is 22.3. The largest absolute Gasteiger partial charge is 0.497 e. The lowest BCUT2D eigenvalue weighted by Gasteiger charge is -2.37. The predicted molar refractivity (Wildman–Crippen MR) is 222 cm³/mol. The number of hydrogen-bond acceptors (Lipinski definition) is 9. The summed E-state index contributed by atoms with van der Waals surface area (Å²) in [5.74, 6) is 2.05. The van der Waals surface area contributed by atoms with Crippen LogP contribution in [0.5, 0.6) is 11.5 Å². The van der Waals surface area contributed by atoms with Crippen molar-refractivity contribution >= 4 is 55.0 Å². The summed E-state index contributed by atoms with van der Waals surface area (Å²) in [4.78, 5) is 14.0. The smallest absolute Gasteiger partial charge is 0.167 e. The molecule has 3 heterocycles. The SMILES string of the molecule is COc1ccc(C(OC[C@H]2O[C@@H](n3cnc4c(Nc5ccc6ccc7cccc8ccc5c6c78)ncnc43)C[C@@H]2O)(c2ccccc2)c2ccc(OC)cc2)cc1. The van der Waals surface area contributed by atoms with Crippen molar-refractivity contribution in [3.63, 3.8) is 0 Å². The molecule has 0 bridgehead atoms. The van der Waals surface area contributed by atoms with Crippen LogP contribution in [-0.2, 0) is 15.1 Å². The molecule has 1 saturated heterocycles. The molecule has 0 aliphatic carbocycles. The van der Waals surface area contributed by atoms with Crippen LogP contribution in [-0.4, -0.2) is 57.7 Å². The lowest BCUT2D eigenvalue weighted by molar-refractivity contribution is -0.0931. The maximum atomic E-state index is 11.5. The van der Waals surface area contributed by atoms with Gasteiger partial charge in [0, 0.05) is 17.5 Å². The van der Waals surface area contributed by atoms with Crippen molar-refractivity contribution in [2.24, 2.45) is 0 Å². The molecule has 0 amide bonds. The monoisotopic (exact) mass is 753 g/mol. The van der Waals surface area contributed by atoms with Crippen molar-refractivity contribution in [2.75, 3.05) is 26.1 Å². The summed E-state index contributed by atoms with van der Waals surface area (Å²) in [7, 11) is 3.30. The second kappa shape index (κ2) is 14.2. The fourth-order valence-corrected chi connectivity index (χ4v) is 8.44. The highest BCUT2D eigenvalue weighted by atomic mass is 16.6. The van der Waals surface area contributed by atoms with Crippen molar-refractivity contribution in [2.45, 2.75) is 30.5 Å². The number of nitrogens with one attached hydrogen (secondary N) is 1. The van der Waals surface area contributed by atoms with Gasteiger partial charge in [0.15, 0.2) is 17.0 Å². The van der Waals surface area contributed by atoms with Gasteiger partial charge in [0.25, 0.3) is 0 Å². The first-order valence-corrected chi connectivity index (χ1v) is 19.0. The highest BCUT2D eigenvalue weighted by Gasteiger charge is 2.42. The van der Waals surface area contributed by atoms with E-state index in [0.717, 1.165) is 39.3 Å². The number of aliphatic hydroxyl groups excluding tert-OH is 1. The molecule has 10 heteroatoms. The Hall–Kier alpha value is -6.59. The second-order valence-electron chi connectivity index (χ2n) is 14.4. The fourth-order valence-electron chi connectivity index (χ4n) is 8.44. The molecular formula is C47H39N5O5. The van der Waals surface area contributed by atoms with E-state index in [9.17, 15) is 5.11 Å². The van der Waals surface area contributed by atoms with E-state index in [4.69, 9.17) is 23.9 Å². The molecule has 1 aliphatic rings. The standard InChI is InChI=1S/C47H39N5O5/c1-54-35-19-15-33(16-20-35)47(32-9-4-3-5-10-32,34-17-21-36(55-2)22-18-34)56-26-40-39(53)25-41(57-40)52-28-50-44-45(48-27-49-46(44)52)51-38-24-14-31-12-11-29-7-6-8-30-13-23-37(38)43(31)42(29)30/h3-24,27-28,39-41,53H,25-26H2,1-2H3,(H,48,49,51)/t39-,40+,41+/m0/s1. The van der Waals surface area contributed by atoms with Crippen LogP contribution in [0.3, 0.4) is 0 Å². The maximum absolute atomic E-state index is 11.5. The van der Waals surface area contributed by atoms with Gasteiger partial charge in [-0.1, -0.05) is 103 Å². The molecule has 1 fully saturated rings. The zero-order valence-electron chi connectivity index (χ0n) is 31.4. The van der Waals surface area contributed by atoms with Crippen LogP contribution in [0, 0.1) is 0 Å². The van der Waals surface area contributed by atoms with Crippen LogP contribution in [0.25, 0.3) is 43.5 Å². The van der Waals surface area contributed by atoms with Crippen LogP contribution < -0.4 is 14.8 Å². The lowest BCUT2D eigenvalue weighted by atomic mass is 9.80. The van der Waals surface area contributed by atoms with Gasteiger partial charge in [-0.3, -0.25) is 4.57 Å². The summed E-state index contributed by atoms with van der Waals surface area (Å²) in [5.41, 5.74) is 3.78. The Kier molecular flexibility index (Phi) is 8.67. The summed E-state index contributed by atoms with van der Waals surface area (Å²) in [6, 6.07) is 45.1. The van der Waals surface area contributed by atoms with Gasteiger partial charge in [-0.15, -0.1) is 0 Å². The molecule has 0 unspecified atom stereocenters. The van der Waals surface area contributed by atoms with Crippen LogP contribution in [0.15, 0.2) is 146 Å². The summed E-state index contributed by atoms with van der Waals surface area (Å²) in [6.07, 6.45) is 1.56. The number of methoxy groups -OCH3 is 2. The number of ether oxygens (including phenoxy) is 4. The van der Waals surface area contributed by atoms with Gasteiger partial charge in [-0.05, 0) is 74.0 Å². The van der Waals surface area contributed by atoms with E-state index in [0.29, 0.717) is 23.4 Å². The highest BCUT2D eigenvalue weighted by molar-refractivity contribution is 6.25. The maximum Gasteiger partial charge on any atom is 0.167 e. The molecule has 7 aromatic carbocycles. The van der Waals surface area contributed by atoms with E-state index in [-0.39, 0.29) is 6.61 Å². The van der Waals surface area contributed by atoms with Crippen LogP contribution >= 0.6 is 0 Å². The zero-order valence-corrected chi connectivity index (χ0v) is 31.4. The molecule has 10 nitrogen and oxygen atoms in total. The van der Waals surface area contributed by atoms with Crippen LogP contribution in [0.1, 0.15) is 29.3 Å². The number of imidazole rings is 1. The molecule has 2 N–H and O–H groups in total. The van der Waals surface area contributed by atoms with Crippen molar-refractivity contribution in [3.05, 3.63) is 163 Å². The Balaban J connectivity index is 0.955. The van der Waals surface area contributed by atoms with Gasteiger partial charge in [0.2, 0.25) is 0 Å². The number of benzene rings is 7. The van der Waals surface area contributed by atoms with E-state index in [1.807, 2.05) is 71.3 Å². The molecule has 282 valence electrons. The Labute approximate surface area is 328 Å². The Morgan fingerprint density at radius 1 is 0.702 bits per heavy atom. The molecule has 57 heavy (non-hydrogen) atoms. The van der Waals surface area contributed by atoms with Gasteiger partial charge in [0.05, 0.1) is 33.3 Å². The van der Waals surface area contributed by atoms with Gasteiger partial charge >= 0.3 is 0 Å². The Morgan fingerprint density at radius 3 is 2.02 bits per heavy atom. The molecular weight excluding hydrogens is 715 g/mol. The first kappa shape index (κ1) is 34.9. The number of aliphatic hydroxyl groups is 1. The molecule has 1 aliphatic heterocycles. The van der Waals surface area contributed by atoms with Crippen molar-refractivity contribution in [3.8, 4) is 11.5 Å². The first-order valence-electron chi connectivity index (χ1n) is 19.0.